The van der Waals surface area contributed by atoms with E-state index in [0.29, 0.717) is 5.02 Å². The maximum absolute atomic E-state index is 11.2. The molecule has 0 saturated carbocycles. The molecule has 0 fully saturated rings. The Morgan fingerprint density at radius 1 is 1.53 bits per heavy atom. The average molecular weight is 282 g/mol. The number of rotatable bonds is 4. The van der Waals surface area contributed by atoms with Gasteiger partial charge in [-0.3, -0.25) is 0 Å². The molecule has 0 unspecified atom stereocenters. The largest absolute Gasteiger partial charge is 0.477 e. The first kappa shape index (κ1) is 13.4. The molecule has 0 aliphatic carbocycles. The van der Waals surface area contributed by atoms with Gasteiger partial charge in [-0.05, 0) is 26.0 Å². The number of aromatic carboxylic acids is 1. The van der Waals surface area contributed by atoms with E-state index in [4.69, 9.17) is 16.3 Å². The van der Waals surface area contributed by atoms with Gasteiger partial charge in [0.1, 0.15) is 0 Å². The maximum Gasteiger partial charge on any atom is 0.354 e. The number of ether oxygens (including phenoxy) is 1. The predicted octanol–water partition coefficient (Wildman–Crippen LogP) is 2.41. The smallest absolute Gasteiger partial charge is 0.354 e. The van der Waals surface area contributed by atoms with Gasteiger partial charge in [0, 0.05) is 12.3 Å². The van der Waals surface area contributed by atoms with E-state index in [2.05, 4.69) is 10.1 Å². The Labute approximate surface area is 114 Å². The van der Waals surface area contributed by atoms with Crippen LogP contribution < -0.4 is 4.74 Å². The van der Waals surface area contributed by atoms with Gasteiger partial charge in [-0.1, -0.05) is 11.6 Å². The highest BCUT2D eigenvalue weighted by Crippen LogP contribution is 2.22. The molecule has 0 aliphatic rings. The summed E-state index contributed by atoms with van der Waals surface area (Å²) in [6.45, 7) is 3.65. The zero-order valence-corrected chi connectivity index (χ0v) is 11.1. The fourth-order valence-electron chi connectivity index (χ4n) is 1.51. The number of hydrogen-bond donors (Lipinski definition) is 1. The summed E-state index contributed by atoms with van der Waals surface area (Å²) in [5.41, 5.74) is -0.0590. The summed E-state index contributed by atoms with van der Waals surface area (Å²) in [5, 5.41) is 13.6. The summed E-state index contributed by atoms with van der Waals surface area (Å²) in [6.07, 6.45) is 1.40. The normalized spacial score (nSPS) is 10.7. The van der Waals surface area contributed by atoms with E-state index in [-0.39, 0.29) is 23.5 Å². The second kappa shape index (κ2) is 5.27. The van der Waals surface area contributed by atoms with Crippen LogP contribution in [0, 0.1) is 0 Å². The highest BCUT2D eigenvalue weighted by atomic mass is 35.5. The van der Waals surface area contributed by atoms with Gasteiger partial charge in [0.2, 0.25) is 5.88 Å². The van der Waals surface area contributed by atoms with Crippen molar-refractivity contribution >= 4 is 17.6 Å². The second-order valence-electron chi connectivity index (χ2n) is 4.06. The summed E-state index contributed by atoms with van der Waals surface area (Å²) in [5.74, 6) is -0.665. The van der Waals surface area contributed by atoms with Crippen molar-refractivity contribution in [3.8, 4) is 11.7 Å². The first-order valence-corrected chi connectivity index (χ1v) is 5.97. The van der Waals surface area contributed by atoms with Gasteiger partial charge in [-0.25, -0.2) is 14.5 Å². The Bertz CT molecular complexity index is 610. The quantitative estimate of drug-likeness (QED) is 0.931. The van der Waals surface area contributed by atoms with E-state index in [1.807, 2.05) is 13.8 Å². The van der Waals surface area contributed by atoms with Crippen LogP contribution in [0.15, 0.2) is 24.4 Å². The van der Waals surface area contributed by atoms with Crippen molar-refractivity contribution in [3.63, 3.8) is 0 Å². The van der Waals surface area contributed by atoms with Crippen LogP contribution in [0.1, 0.15) is 24.3 Å². The number of carboxylic acid groups (broad SMARTS) is 1. The Morgan fingerprint density at radius 3 is 2.84 bits per heavy atom. The minimum absolute atomic E-state index is 0.0590. The number of aromatic nitrogens is 3. The third-order valence-corrected chi connectivity index (χ3v) is 2.50. The Hall–Kier alpha value is -2.08. The van der Waals surface area contributed by atoms with Gasteiger partial charge in [0.05, 0.1) is 11.1 Å². The number of hydrogen-bond acceptors (Lipinski definition) is 4. The molecule has 100 valence electrons. The van der Waals surface area contributed by atoms with Crippen LogP contribution >= 0.6 is 11.6 Å². The molecule has 0 spiro atoms. The third kappa shape index (κ3) is 2.85. The third-order valence-electron chi connectivity index (χ3n) is 2.20. The fraction of sp³-hybridized carbons (Fsp3) is 0.250. The summed E-state index contributed by atoms with van der Waals surface area (Å²) in [6, 6.07) is 4.61. The Balaban J connectivity index is 2.52. The maximum atomic E-state index is 11.2. The van der Waals surface area contributed by atoms with E-state index >= 15 is 0 Å². The molecule has 19 heavy (non-hydrogen) atoms. The molecular weight excluding hydrogens is 270 g/mol. The summed E-state index contributed by atoms with van der Waals surface area (Å²) >= 11 is 5.99. The van der Waals surface area contributed by atoms with E-state index in [1.54, 1.807) is 12.1 Å². The van der Waals surface area contributed by atoms with Crippen molar-refractivity contribution in [2.24, 2.45) is 0 Å². The summed E-state index contributed by atoms with van der Waals surface area (Å²) in [7, 11) is 0. The molecule has 1 N–H and O–H groups in total. The lowest BCUT2D eigenvalue weighted by Gasteiger charge is -2.06. The van der Waals surface area contributed by atoms with Gasteiger partial charge in [0.15, 0.2) is 11.5 Å². The molecule has 7 heteroatoms. The molecular formula is C12H12ClN3O3. The highest BCUT2D eigenvalue weighted by molar-refractivity contribution is 6.32. The number of nitrogens with zero attached hydrogens (tertiary/aromatic N) is 3. The number of carboxylic acids is 1. The molecule has 0 atom stereocenters. The lowest BCUT2D eigenvalue weighted by atomic mass is 10.4. The highest BCUT2D eigenvalue weighted by Gasteiger charge is 2.19. The average Bonchev–Trinajstić information content (AvgIpc) is 2.72. The molecule has 2 aromatic heterocycles. The van der Waals surface area contributed by atoms with Crippen LogP contribution in [0.2, 0.25) is 5.02 Å². The van der Waals surface area contributed by atoms with Crippen LogP contribution in [-0.2, 0) is 0 Å². The number of carbonyl (C=O) groups is 1. The molecule has 6 nitrogen and oxygen atoms in total. The zero-order chi connectivity index (χ0) is 14.0. The van der Waals surface area contributed by atoms with Crippen LogP contribution in [0.3, 0.4) is 0 Å². The van der Waals surface area contributed by atoms with Gasteiger partial charge in [-0.15, -0.1) is 5.10 Å². The predicted molar refractivity (Wildman–Crippen MR) is 69.1 cm³/mol. The van der Waals surface area contributed by atoms with Gasteiger partial charge >= 0.3 is 5.97 Å². The molecule has 0 aliphatic heterocycles. The molecule has 2 rings (SSSR count). The minimum Gasteiger partial charge on any atom is -0.477 e. The van der Waals surface area contributed by atoms with Crippen LogP contribution in [0.5, 0.6) is 5.88 Å². The van der Waals surface area contributed by atoms with Crippen LogP contribution in [0.25, 0.3) is 5.82 Å². The second-order valence-corrected chi connectivity index (χ2v) is 4.47. The molecule has 0 amide bonds. The molecule has 0 aromatic carbocycles. The van der Waals surface area contributed by atoms with E-state index in [0.717, 1.165) is 4.68 Å². The Kier molecular flexibility index (Phi) is 3.71. The minimum atomic E-state index is -1.13. The van der Waals surface area contributed by atoms with Crippen LogP contribution in [0.4, 0.5) is 0 Å². The first-order valence-electron chi connectivity index (χ1n) is 5.60. The van der Waals surface area contributed by atoms with Gasteiger partial charge in [0.25, 0.3) is 0 Å². The molecule has 0 saturated heterocycles. The van der Waals surface area contributed by atoms with Crippen molar-refractivity contribution in [2.45, 2.75) is 20.0 Å². The lowest BCUT2D eigenvalue weighted by Crippen LogP contribution is -2.10. The molecule has 2 heterocycles. The van der Waals surface area contributed by atoms with Crippen molar-refractivity contribution in [1.82, 2.24) is 14.8 Å². The van der Waals surface area contributed by atoms with Crippen molar-refractivity contribution < 1.29 is 14.6 Å². The van der Waals surface area contributed by atoms with Crippen molar-refractivity contribution in [3.05, 3.63) is 35.1 Å². The molecule has 0 bridgehead atoms. The number of halogens is 1. The first-order chi connectivity index (χ1) is 8.99. The summed E-state index contributed by atoms with van der Waals surface area (Å²) < 4.78 is 6.54. The molecule has 2 aromatic rings. The topological polar surface area (TPSA) is 77.2 Å². The van der Waals surface area contributed by atoms with Crippen LogP contribution in [-0.4, -0.2) is 31.9 Å². The van der Waals surface area contributed by atoms with Gasteiger partial charge < -0.3 is 9.84 Å². The van der Waals surface area contributed by atoms with E-state index in [9.17, 15) is 9.90 Å². The standard InChI is InChI=1S/C12H12ClN3O3/c1-7(2)19-10-6-9(12(17)18)16(15-10)11-8(13)4-3-5-14-11/h3-7H,1-2H3,(H,17,18). The van der Waals surface area contributed by atoms with Crippen molar-refractivity contribution in [2.75, 3.05) is 0 Å². The lowest BCUT2D eigenvalue weighted by molar-refractivity contribution is 0.0686. The van der Waals surface area contributed by atoms with Gasteiger partial charge in [-0.2, -0.15) is 0 Å². The van der Waals surface area contributed by atoms with Crippen molar-refractivity contribution in [1.29, 1.82) is 0 Å². The van der Waals surface area contributed by atoms with E-state index < -0.39 is 5.97 Å². The SMILES string of the molecule is CC(C)Oc1cc(C(=O)O)n(-c2ncccc2Cl)n1. The monoisotopic (exact) mass is 281 g/mol. The zero-order valence-electron chi connectivity index (χ0n) is 10.4. The fourth-order valence-corrected chi connectivity index (χ4v) is 1.71. The summed E-state index contributed by atoms with van der Waals surface area (Å²) in [4.78, 5) is 15.3. The Morgan fingerprint density at radius 2 is 2.26 bits per heavy atom. The number of pyridine rings is 1. The van der Waals surface area contributed by atoms with E-state index in [1.165, 1.54) is 12.3 Å². The molecule has 0 radical (unpaired) electrons.